The molecule has 7 heteroatoms. The first-order valence-corrected chi connectivity index (χ1v) is 8.91. The van der Waals surface area contributed by atoms with E-state index < -0.39 is 0 Å². The Morgan fingerprint density at radius 1 is 1.27 bits per heavy atom. The second kappa shape index (κ2) is 7.01. The van der Waals surface area contributed by atoms with Gasteiger partial charge < -0.3 is 10.1 Å². The molecule has 0 radical (unpaired) electrons. The Morgan fingerprint density at radius 3 is 2.85 bits per heavy atom. The molecular formula is C19H24N6O. The van der Waals surface area contributed by atoms with Crippen molar-refractivity contribution in [2.24, 2.45) is 7.05 Å². The van der Waals surface area contributed by atoms with E-state index >= 15 is 0 Å². The molecule has 0 amide bonds. The first-order chi connectivity index (χ1) is 12.6. The molecule has 4 rings (SSSR count). The third kappa shape index (κ3) is 3.15. The molecule has 26 heavy (non-hydrogen) atoms. The minimum atomic E-state index is 0.0687. The monoisotopic (exact) mass is 352 g/mol. The number of rotatable bonds is 5. The summed E-state index contributed by atoms with van der Waals surface area (Å²) in [6.45, 7) is 5.78. The van der Waals surface area contributed by atoms with Gasteiger partial charge in [-0.2, -0.15) is 10.2 Å². The van der Waals surface area contributed by atoms with E-state index in [4.69, 9.17) is 4.74 Å². The summed E-state index contributed by atoms with van der Waals surface area (Å²) in [6.07, 6.45) is 6.28. The average Bonchev–Trinajstić information content (AvgIpc) is 3.36. The molecule has 1 aromatic carbocycles. The highest BCUT2D eigenvalue weighted by molar-refractivity contribution is 5.41. The van der Waals surface area contributed by atoms with Crippen LogP contribution in [0, 0.1) is 13.8 Å². The van der Waals surface area contributed by atoms with E-state index in [1.807, 2.05) is 17.9 Å². The Bertz CT molecular complexity index is 886. The summed E-state index contributed by atoms with van der Waals surface area (Å²) in [5.41, 5.74) is 5.83. The molecule has 136 valence electrons. The standard InChI is InChI=1S/C19H24N6O/c1-13-8-15(4-5-18(13)25-12-20-11-23-25)9-21-17-6-7-26-19(17)16-10-22-24(3)14(16)2/h4-5,8,10-12,17,19,21H,6-7,9H2,1-3H3/t17-,19+/m0/s1. The van der Waals surface area contributed by atoms with Crippen LogP contribution in [0.25, 0.3) is 5.69 Å². The Labute approximate surface area is 153 Å². The van der Waals surface area contributed by atoms with E-state index in [0.29, 0.717) is 6.04 Å². The number of nitrogens with one attached hydrogen (secondary N) is 1. The number of hydrogen-bond acceptors (Lipinski definition) is 5. The summed E-state index contributed by atoms with van der Waals surface area (Å²) in [6, 6.07) is 6.73. The number of aromatic nitrogens is 5. The van der Waals surface area contributed by atoms with Crippen LogP contribution in [-0.2, 0) is 18.3 Å². The molecule has 1 saturated heterocycles. The number of nitrogens with zero attached hydrogens (tertiary/aromatic N) is 5. The molecule has 0 spiro atoms. The molecule has 0 aliphatic carbocycles. The van der Waals surface area contributed by atoms with Crippen LogP contribution in [-0.4, -0.2) is 37.2 Å². The molecular weight excluding hydrogens is 328 g/mol. The summed E-state index contributed by atoms with van der Waals surface area (Å²) in [7, 11) is 1.97. The van der Waals surface area contributed by atoms with Crippen molar-refractivity contribution in [3.05, 3.63) is 59.4 Å². The molecule has 0 bridgehead atoms. The summed E-state index contributed by atoms with van der Waals surface area (Å²) >= 11 is 0. The van der Waals surface area contributed by atoms with Crippen LogP contribution < -0.4 is 5.32 Å². The fourth-order valence-corrected chi connectivity index (χ4v) is 3.57. The van der Waals surface area contributed by atoms with Crippen LogP contribution in [0.4, 0.5) is 0 Å². The molecule has 1 aliphatic rings. The van der Waals surface area contributed by atoms with E-state index in [9.17, 15) is 0 Å². The van der Waals surface area contributed by atoms with Crippen LogP contribution >= 0.6 is 0 Å². The van der Waals surface area contributed by atoms with Gasteiger partial charge in [0, 0.05) is 37.5 Å². The van der Waals surface area contributed by atoms with Gasteiger partial charge in [0.25, 0.3) is 0 Å². The number of ether oxygens (including phenoxy) is 1. The lowest BCUT2D eigenvalue weighted by molar-refractivity contribution is 0.0979. The van der Waals surface area contributed by atoms with E-state index in [0.717, 1.165) is 31.0 Å². The van der Waals surface area contributed by atoms with Gasteiger partial charge >= 0.3 is 0 Å². The van der Waals surface area contributed by atoms with E-state index in [1.54, 1.807) is 17.3 Å². The lowest BCUT2D eigenvalue weighted by Gasteiger charge is -2.20. The third-order valence-electron chi connectivity index (χ3n) is 5.17. The van der Waals surface area contributed by atoms with Crippen molar-refractivity contribution in [2.75, 3.05) is 6.61 Å². The van der Waals surface area contributed by atoms with Gasteiger partial charge in [0.15, 0.2) is 0 Å². The molecule has 0 unspecified atom stereocenters. The van der Waals surface area contributed by atoms with E-state index in [-0.39, 0.29) is 6.10 Å². The second-order valence-corrected chi connectivity index (χ2v) is 6.84. The van der Waals surface area contributed by atoms with Gasteiger partial charge in [-0.15, -0.1) is 0 Å². The van der Waals surface area contributed by atoms with Gasteiger partial charge in [-0.25, -0.2) is 9.67 Å². The van der Waals surface area contributed by atoms with Crippen molar-refractivity contribution < 1.29 is 4.74 Å². The zero-order chi connectivity index (χ0) is 18.1. The highest BCUT2D eigenvalue weighted by Crippen LogP contribution is 2.31. The number of aryl methyl sites for hydroxylation is 2. The summed E-state index contributed by atoms with van der Waals surface area (Å²) < 4.78 is 9.68. The van der Waals surface area contributed by atoms with E-state index in [2.05, 4.69) is 52.5 Å². The van der Waals surface area contributed by atoms with Gasteiger partial charge in [-0.05, 0) is 37.5 Å². The van der Waals surface area contributed by atoms with Crippen LogP contribution in [0.15, 0.2) is 37.1 Å². The molecule has 2 atom stereocenters. The number of benzene rings is 1. The molecule has 0 saturated carbocycles. The molecule has 2 aromatic heterocycles. The Kier molecular flexibility index (Phi) is 4.57. The minimum absolute atomic E-state index is 0.0687. The average molecular weight is 352 g/mol. The summed E-state index contributed by atoms with van der Waals surface area (Å²) in [4.78, 5) is 4.02. The molecule has 3 aromatic rings. The second-order valence-electron chi connectivity index (χ2n) is 6.84. The molecule has 3 heterocycles. The zero-order valence-corrected chi connectivity index (χ0v) is 15.4. The molecule has 7 nitrogen and oxygen atoms in total. The minimum Gasteiger partial charge on any atom is -0.372 e. The third-order valence-corrected chi connectivity index (χ3v) is 5.17. The van der Waals surface area contributed by atoms with E-state index in [1.165, 1.54) is 16.7 Å². The van der Waals surface area contributed by atoms with Crippen molar-refractivity contribution in [2.45, 2.75) is 39.0 Å². The highest BCUT2D eigenvalue weighted by atomic mass is 16.5. The summed E-state index contributed by atoms with van der Waals surface area (Å²) in [5, 5.41) is 12.2. The van der Waals surface area contributed by atoms with Crippen LogP contribution in [0.3, 0.4) is 0 Å². The molecule has 1 aliphatic heterocycles. The highest BCUT2D eigenvalue weighted by Gasteiger charge is 2.31. The van der Waals surface area contributed by atoms with Crippen LogP contribution in [0.2, 0.25) is 0 Å². The first kappa shape index (κ1) is 16.9. The fraction of sp³-hybridized carbons (Fsp3) is 0.421. The van der Waals surface area contributed by atoms with Gasteiger partial charge in [-0.1, -0.05) is 12.1 Å². The van der Waals surface area contributed by atoms with Crippen molar-refractivity contribution in [3.8, 4) is 5.69 Å². The fourth-order valence-electron chi connectivity index (χ4n) is 3.57. The summed E-state index contributed by atoms with van der Waals surface area (Å²) in [5.74, 6) is 0. The predicted molar refractivity (Wildman–Crippen MR) is 98.0 cm³/mol. The van der Waals surface area contributed by atoms with Crippen molar-refractivity contribution >= 4 is 0 Å². The van der Waals surface area contributed by atoms with Gasteiger partial charge in [0.1, 0.15) is 18.8 Å². The Balaban J connectivity index is 1.45. The van der Waals surface area contributed by atoms with Gasteiger partial charge in [0.05, 0.1) is 11.9 Å². The maximum atomic E-state index is 5.99. The Morgan fingerprint density at radius 2 is 2.15 bits per heavy atom. The maximum Gasteiger partial charge on any atom is 0.138 e. The van der Waals surface area contributed by atoms with Crippen LogP contribution in [0.5, 0.6) is 0 Å². The largest absolute Gasteiger partial charge is 0.372 e. The SMILES string of the molecule is Cc1cc(CN[C@H]2CCO[C@@H]2c2cnn(C)c2C)ccc1-n1cncn1. The van der Waals surface area contributed by atoms with Crippen molar-refractivity contribution in [1.82, 2.24) is 29.9 Å². The van der Waals surface area contributed by atoms with Gasteiger partial charge in [0.2, 0.25) is 0 Å². The smallest absolute Gasteiger partial charge is 0.138 e. The first-order valence-electron chi connectivity index (χ1n) is 8.91. The topological polar surface area (TPSA) is 69.8 Å². The van der Waals surface area contributed by atoms with Crippen LogP contribution in [0.1, 0.15) is 34.9 Å². The maximum absolute atomic E-state index is 5.99. The Hall–Kier alpha value is -2.51. The molecule has 1 fully saturated rings. The normalized spacial score (nSPS) is 20.0. The lowest BCUT2D eigenvalue weighted by atomic mass is 10.0. The lowest BCUT2D eigenvalue weighted by Crippen LogP contribution is -2.31. The van der Waals surface area contributed by atoms with Crippen molar-refractivity contribution in [3.63, 3.8) is 0 Å². The predicted octanol–water partition coefficient (Wildman–Crippen LogP) is 2.24. The molecule has 1 N–H and O–H groups in total. The quantitative estimate of drug-likeness (QED) is 0.763. The zero-order valence-electron chi connectivity index (χ0n) is 15.4. The number of hydrogen-bond donors (Lipinski definition) is 1. The van der Waals surface area contributed by atoms with Gasteiger partial charge in [-0.3, -0.25) is 4.68 Å². The van der Waals surface area contributed by atoms with Crippen molar-refractivity contribution in [1.29, 1.82) is 0 Å².